The van der Waals surface area contributed by atoms with Crippen molar-refractivity contribution in [3.05, 3.63) is 72.0 Å². The Morgan fingerprint density at radius 2 is 1.70 bits per heavy atom. The Bertz CT molecular complexity index is 1340. The Morgan fingerprint density at radius 3 is 2.43 bits per heavy atom. The molecule has 0 radical (unpaired) electrons. The van der Waals surface area contributed by atoms with Crippen molar-refractivity contribution in [2.45, 2.75) is 11.8 Å². The first-order valence-electron chi connectivity index (χ1n) is 9.18. The van der Waals surface area contributed by atoms with Crippen LogP contribution in [-0.4, -0.2) is 27.6 Å². The van der Waals surface area contributed by atoms with Crippen molar-refractivity contribution in [1.29, 1.82) is 0 Å². The van der Waals surface area contributed by atoms with Gasteiger partial charge in [0.05, 0.1) is 4.90 Å². The molecule has 0 aliphatic heterocycles. The van der Waals surface area contributed by atoms with Crippen LogP contribution in [0.4, 0.5) is 0 Å². The molecule has 0 unspecified atom stereocenters. The largest absolute Gasteiger partial charge is 0.490 e. The predicted molar refractivity (Wildman–Crippen MR) is 112 cm³/mol. The number of fused-ring (bicyclic) bond motifs is 3. The summed E-state index contributed by atoms with van der Waals surface area (Å²) in [6, 6.07) is 17.4. The average Bonchev–Trinajstić information content (AvgIpc) is 3.08. The Labute approximate surface area is 173 Å². The Hall–Kier alpha value is -3.36. The highest BCUT2D eigenvalue weighted by atomic mass is 32.2. The van der Waals surface area contributed by atoms with E-state index in [0.29, 0.717) is 11.3 Å². The minimum absolute atomic E-state index is 0.00541. The lowest BCUT2D eigenvalue weighted by Gasteiger charge is -2.07. The van der Waals surface area contributed by atoms with Crippen LogP contribution >= 0.6 is 0 Å². The molecular formula is C22H19NO6S. The van der Waals surface area contributed by atoms with Crippen LogP contribution in [0.15, 0.2) is 70.0 Å². The van der Waals surface area contributed by atoms with Gasteiger partial charge in [-0.25, -0.2) is 18.4 Å². The van der Waals surface area contributed by atoms with E-state index in [0.717, 1.165) is 21.7 Å². The smallest absolute Gasteiger partial charge is 0.374 e. The molecule has 0 amide bonds. The zero-order valence-electron chi connectivity index (χ0n) is 16.1. The number of aryl methyl sites for hydroxylation is 1. The van der Waals surface area contributed by atoms with Crippen LogP contribution < -0.4 is 9.88 Å². The molecule has 0 spiro atoms. The van der Waals surface area contributed by atoms with E-state index in [1.165, 1.54) is 24.3 Å². The number of hydrogen-bond donors (Lipinski definition) is 1. The Kier molecular flexibility index (Phi) is 5.19. The standard InChI is InChI=1S/C22H19NO6S/c1-14-18-11-6-15-4-2-3-5-19(15)21(18)29-20(14)22(24)28-13-12-27-16-7-9-17(10-8-16)30(23,25)26/h2-11H,12-13H2,1H3,(H2,23,25,26). The van der Waals surface area contributed by atoms with Crippen LogP contribution in [0.1, 0.15) is 16.1 Å². The molecule has 7 nitrogen and oxygen atoms in total. The van der Waals surface area contributed by atoms with Gasteiger partial charge >= 0.3 is 5.97 Å². The predicted octanol–water partition coefficient (Wildman–Crippen LogP) is 3.78. The summed E-state index contributed by atoms with van der Waals surface area (Å²) in [5.41, 5.74) is 1.38. The summed E-state index contributed by atoms with van der Waals surface area (Å²) in [6.07, 6.45) is 0. The van der Waals surface area contributed by atoms with E-state index in [4.69, 9.17) is 19.0 Å². The van der Waals surface area contributed by atoms with Crippen LogP contribution in [0.2, 0.25) is 0 Å². The maximum absolute atomic E-state index is 12.5. The second-order valence-corrected chi connectivity index (χ2v) is 8.28. The SMILES string of the molecule is Cc1c(C(=O)OCCOc2ccc(S(N)(=O)=O)cc2)oc2c1ccc1ccccc12. The van der Waals surface area contributed by atoms with Crippen LogP contribution in [0.25, 0.3) is 21.7 Å². The van der Waals surface area contributed by atoms with E-state index in [9.17, 15) is 13.2 Å². The third kappa shape index (κ3) is 3.87. The number of furan rings is 1. The van der Waals surface area contributed by atoms with Gasteiger partial charge in [0.25, 0.3) is 0 Å². The third-order valence-electron chi connectivity index (χ3n) is 4.75. The minimum atomic E-state index is -3.75. The highest BCUT2D eigenvalue weighted by Crippen LogP contribution is 2.32. The number of rotatable bonds is 6. The number of ether oxygens (including phenoxy) is 2. The number of nitrogens with two attached hydrogens (primary N) is 1. The first-order chi connectivity index (χ1) is 14.3. The van der Waals surface area contributed by atoms with Gasteiger partial charge in [-0.05, 0) is 36.6 Å². The number of primary sulfonamides is 1. The minimum Gasteiger partial charge on any atom is -0.490 e. The Balaban J connectivity index is 1.41. The van der Waals surface area contributed by atoms with E-state index < -0.39 is 16.0 Å². The lowest BCUT2D eigenvalue weighted by Crippen LogP contribution is -2.13. The molecule has 0 bridgehead atoms. The molecule has 4 aromatic rings. The number of carbonyl (C=O) groups is 1. The second kappa shape index (κ2) is 7.81. The summed E-state index contributed by atoms with van der Waals surface area (Å²) < 4.78 is 39.1. The van der Waals surface area contributed by atoms with E-state index in [2.05, 4.69) is 0 Å². The van der Waals surface area contributed by atoms with Crippen molar-refractivity contribution < 1.29 is 27.1 Å². The number of carbonyl (C=O) groups excluding carboxylic acids is 1. The fourth-order valence-electron chi connectivity index (χ4n) is 3.23. The van der Waals surface area contributed by atoms with E-state index >= 15 is 0 Å². The zero-order chi connectivity index (χ0) is 21.3. The van der Waals surface area contributed by atoms with Gasteiger partial charge in [0.1, 0.15) is 24.5 Å². The first kappa shape index (κ1) is 19.9. The first-order valence-corrected chi connectivity index (χ1v) is 10.7. The molecule has 4 rings (SSSR count). The highest BCUT2D eigenvalue weighted by molar-refractivity contribution is 7.89. The molecule has 1 aromatic heterocycles. The lowest BCUT2D eigenvalue weighted by molar-refractivity contribution is 0.0416. The summed E-state index contributed by atoms with van der Waals surface area (Å²) in [5.74, 6) is 0.0321. The fraction of sp³-hybridized carbons (Fsp3) is 0.136. The molecule has 1 heterocycles. The maximum atomic E-state index is 12.5. The fourth-order valence-corrected chi connectivity index (χ4v) is 3.74. The molecule has 8 heteroatoms. The van der Waals surface area contributed by atoms with Gasteiger partial charge in [0.15, 0.2) is 0 Å². The molecular weight excluding hydrogens is 406 g/mol. The van der Waals surface area contributed by atoms with E-state index in [1.54, 1.807) is 0 Å². The third-order valence-corrected chi connectivity index (χ3v) is 5.68. The van der Waals surface area contributed by atoms with Gasteiger partial charge in [-0.1, -0.05) is 36.4 Å². The van der Waals surface area contributed by atoms with Crippen molar-refractivity contribution in [3.8, 4) is 5.75 Å². The number of benzene rings is 3. The summed E-state index contributed by atoms with van der Waals surface area (Å²) in [6.45, 7) is 1.93. The lowest BCUT2D eigenvalue weighted by atomic mass is 10.1. The second-order valence-electron chi connectivity index (χ2n) is 6.72. The zero-order valence-corrected chi connectivity index (χ0v) is 16.9. The van der Waals surface area contributed by atoms with Crippen molar-refractivity contribution in [2.24, 2.45) is 5.14 Å². The van der Waals surface area contributed by atoms with Gasteiger partial charge < -0.3 is 13.9 Å². The molecule has 2 N–H and O–H groups in total. The molecule has 154 valence electrons. The number of hydrogen-bond acceptors (Lipinski definition) is 6. The normalized spacial score (nSPS) is 11.7. The Morgan fingerprint density at radius 1 is 0.967 bits per heavy atom. The number of esters is 1. The summed E-state index contributed by atoms with van der Waals surface area (Å²) in [4.78, 5) is 12.5. The monoisotopic (exact) mass is 425 g/mol. The highest BCUT2D eigenvalue weighted by Gasteiger charge is 2.20. The molecule has 0 fully saturated rings. The molecule has 0 aliphatic carbocycles. The van der Waals surface area contributed by atoms with Crippen molar-refractivity contribution in [2.75, 3.05) is 13.2 Å². The van der Waals surface area contributed by atoms with Gasteiger partial charge in [-0.15, -0.1) is 0 Å². The van der Waals surface area contributed by atoms with Crippen molar-refractivity contribution in [1.82, 2.24) is 0 Å². The van der Waals surface area contributed by atoms with Crippen LogP contribution in [0.5, 0.6) is 5.75 Å². The van der Waals surface area contributed by atoms with Gasteiger partial charge in [-0.2, -0.15) is 0 Å². The molecule has 3 aromatic carbocycles. The van der Waals surface area contributed by atoms with Gasteiger partial charge in [0, 0.05) is 16.3 Å². The van der Waals surface area contributed by atoms with Gasteiger partial charge in [-0.3, -0.25) is 0 Å². The summed E-state index contributed by atoms with van der Waals surface area (Å²) in [7, 11) is -3.75. The van der Waals surface area contributed by atoms with Gasteiger partial charge in [0.2, 0.25) is 15.8 Å². The molecule has 0 saturated carbocycles. The topological polar surface area (TPSA) is 109 Å². The van der Waals surface area contributed by atoms with E-state index in [1.807, 2.05) is 43.3 Å². The molecule has 0 atom stereocenters. The van der Waals surface area contributed by atoms with Crippen molar-refractivity contribution >= 4 is 37.7 Å². The van der Waals surface area contributed by atoms with Crippen LogP contribution in [-0.2, 0) is 14.8 Å². The maximum Gasteiger partial charge on any atom is 0.374 e. The van der Waals surface area contributed by atoms with Crippen LogP contribution in [0, 0.1) is 6.92 Å². The summed E-state index contributed by atoms with van der Waals surface area (Å²) >= 11 is 0. The molecule has 0 saturated heterocycles. The number of sulfonamides is 1. The average molecular weight is 425 g/mol. The molecule has 30 heavy (non-hydrogen) atoms. The summed E-state index contributed by atoms with van der Waals surface area (Å²) in [5, 5.41) is 7.88. The van der Waals surface area contributed by atoms with Crippen LogP contribution in [0.3, 0.4) is 0 Å². The van der Waals surface area contributed by atoms with E-state index in [-0.39, 0.29) is 23.9 Å². The molecule has 0 aliphatic rings. The quantitative estimate of drug-likeness (QED) is 0.372. The van der Waals surface area contributed by atoms with Crippen molar-refractivity contribution in [3.63, 3.8) is 0 Å².